The SMILES string of the molecule is C/C=C(\C)C(NC(=O)NC(CCC(=O)O)C(=O)O)C(=O)O. The molecule has 0 fully saturated rings. The number of amides is 2. The molecule has 0 heterocycles. The summed E-state index contributed by atoms with van der Waals surface area (Å²) in [6.45, 7) is 3.09. The average molecular weight is 302 g/mol. The summed E-state index contributed by atoms with van der Waals surface area (Å²) in [5, 5.41) is 30.5. The fraction of sp³-hybridized carbons (Fsp3) is 0.500. The molecule has 9 heteroatoms. The Morgan fingerprint density at radius 3 is 2.00 bits per heavy atom. The Labute approximate surface area is 120 Å². The van der Waals surface area contributed by atoms with Crippen LogP contribution >= 0.6 is 0 Å². The third kappa shape index (κ3) is 6.95. The summed E-state index contributed by atoms with van der Waals surface area (Å²) in [5.74, 6) is -3.89. The minimum Gasteiger partial charge on any atom is -0.481 e. The number of rotatable bonds is 8. The largest absolute Gasteiger partial charge is 0.481 e. The molecular formula is C12H18N2O7. The van der Waals surface area contributed by atoms with E-state index < -0.39 is 42.4 Å². The maximum atomic E-state index is 11.6. The Bertz CT molecular complexity index is 459. The maximum Gasteiger partial charge on any atom is 0.330 e. The van der Waals surface area contributed by atoms with Crippen LogP contribution in [0.4, 0.5) is 4.79 Å². The fourth-order valence-corrected chi connectivity index (χ4v) is 1.39. The van der Waals surface area contributed by atoms with E-state index in [-0.39, 0.29) is 6.42 Å². The molecule has 2 unspecified atom stereocenters. The highest BCUT2D eigenvalue weighted by Crippen LogP contribution is 2.02. The van der Waals surface area contributed by atoms with Gasteiger partial charge in [0.05, 0.1) is 0 Å². The monoisotopic (exact) mass is 302 g/mol. The lowest BCUT2D eigenvalue weighted by atomic mass is 10.1. The highest BCUT2D eigenvalue weighted by Gasteiger charge is 2.25. The van der Waals surface area contributed by atoms with Crippen molar-refractivity contribution in [2.75, 3.05) is 0 Å². The molecule has 0 rings (SSSR count). The zero-order valence-electron chi connectivity index (χ0n) is 11.6. The minimum absolute atomic E-state index is 0.307. The second-order valence-electron chi connectivity index (χ2n) is 4.24. The Kier molecular flexibility index (Phi) is 7.51. The van der Waals surface area contributed by atoms with E-state index in [1.807, 2.05) is 5.32 Å². The van der Waals surface area contributed by atoms with E-state index in [2.05, 4.69) is 5.32 Å². The van der Waals surface area contributed by atoms with Crippen LogP contribution < -0.4 is 10.6 Å². The topological polar surface area (TPSA) is 153 Å². The minimum atomic E-state index is -1.42. The van der Waals surface area contributed by atoms with Crippen molar-refractivity contribution in [1.29, 1.82) is 0 Å². The lowest BCUT2D eigenvalue weighted by molar-refractivity contribution is -0.140. The van der Waals surface area contributed by atoms with Crippen molar-refractivity contribution in [1.82, 2.24) is 10.6 Å². The van der Waals surface area contributed by atoms with Crippen molar-refractivity contribution in [2.45, 2.75) is 38.8 Å². The number of aliphatic carboxylic acids is 3. The number of carbonyl (C=O) groups excluding carboxylic acids is 1. The van der Waals surface area contributed by atoms with Gasteiger partial charge in [0, 0.05) is 6.42 Å². The van der Waals surface area contributed by atoms with E-state index in [4.69, 9.17) is 15.3 Å². The highest BCUT2D eigenvalue weighted by atomic mass is 16.4. The number of carbonyl (C=O) groups is 4. The van der Waals surface area contributed by atoms with E-state index in [1.165, 1.54) is 13.0 Å². The van der Waals surface area contributed by atoms with Gasteiger partial charge in [-0.1, -0.05) is 6.08 Å². The summed E-state index contributed by atoms with van der Waals surface area (Å²) in [5.41, 5.74) is 0.370. The molecule has 0 saturated heterocycles. The molecule has 0 aromatic carbocycles. The van der Waals surface area contributed by atoms with Crippen LogP contribution in [0.1, 0.15) is 26.7 Å². The summed E-state index contributed by atoms with van der Waals surface area (Å²) in [7, 11) is 0. The predicted octanol–water partition coefficient (Wildman–Crippen LogP) is 0.0230. The summed E-state index contributed by atoms with van der Waals surface area (Å²) < 4.78 is 0. The third-order valence-corrected chi connectivity index (χ3v) is 2.68. The summed E-state index contributed by atoms with van der Waals surface area (Å²) in [6.07, 6.45) is 0.754. The van der Waals surface area contributed by atoms with Crippen LogP contribution in [-0.2, 0) is 14.4 Å². The quantitative estimate of drug-likeness (QED) is 0.396. The molecule has 0 aromatic heterocycles. The predicted molar refractivity (Wildman–Crippen MR) is 70.8 cm³/mol. The molecule has 118 valence electrons. The zero-order chi connectivity index (χ0) is 16.6. The number of hydrogen-bond acceptors (Lipinski definition) is 4. The molecule has 9 nitrogen and oxygen atoms in total. The lowest BCUT2D eigenvalue weighted by Crippen LogP contribution is -2.51. The average Bonchev–Trinajstić information content (AvgIpc) is 2.38. The first kappa shape index (κ1) is 18.4. The standard InChI is InChI=1S/C12H18N2O7/c1-3-6(2)9(11(19)20)14-12(21)13-7(10(17)18)4-5-8(15)16/h3,7,9H,4-5H2,1-2H3,(H,15,16)(H,17,18)(H,19,20)(H2,13,14,21)/b6-3+. The van der Waals surface area contributed by atoms with E-state index >= 15 is 0 Å². The van der Waals surface area contributed by atoms with Gasteiger partial charge in [0.25, 0.3) is 0 Å². The second kappa shape index (κ2) is 8.56. The normalized spacial score (nSPS) is 13.9. The number of urea groups is 1. The molecule has 0 radical (unpaired) electrons. The van der Waals surface area contributed by atoms with E-state index in [0.717, 1.165) is 0 Å². The molecule has 0 aliphatic carbocycles. The molecule has 0 aliphatic heterocycles. The smallest absolute Gasteiger partial charge is 0.330 e. The zero-order valence-corrected chi connectivity index (χ0v) is 11.6. The molecule has 2 amide bonds. The molecular weight excluding hydrogens is 284 g/mol. The Balaban J connectivity index is 4.72. The van der Waals surface area contributed by atoms with E-state index in [9.17, 15) is 19.2 Å². The highest BCUT2D eigenvalue weighted by molar-refractivity contribution is 5.87. The number of carboxylic acids is 3. The summed E-state index contributed by atoms with van der Waals surface area (Å²) in [6, 6.07) is -3.70. The number of hydrogen-bond donors (Lipinski definition) is 5. The Morgan fingerprint density at radius 2 is 1.62 bits per heavy atom. The molecule has 0 bridgehead atoms. The van der Waals surface area contributed by atoms with Gasteiger partial charge in [-0.15, -0.1) is 0 Å². The molecule has 0 saturated carbocycles. The van der Waals surface area contributed by atoms with Gasteiger partial charge in [0.15, 0.2) is 0 Å². The van der Waals surface area contributed by atoms with Crippen molar-refractivity contribution in [3.05, 3.63) is 11.6 Å². The first-order valence-corrected chi connectivity index (χ1v) is 6.06. The molecule has 0 spiro atoms. The van der Waals surface area contributed by atoms with Crippen LogP contribution in [0.15, 0.2) is 11.6 Å². The molecule has 5 N–H and O–H groups in total. The second-order valence-corrected chi connectivity index (χ2v) is 4.24. The number of allylic oxidation sites excluding steroid dienone is 1. The van der Waals surface area contributed by atoms with Crippen LogP contribution in [-0.4, -0.2) is 51.3 Å². The van der Waals surface area contributed by atoms with Gasteiger partial charge in [0.1, 0.15) is 12.1 Å². The van der Waals surface area contributed by atoms with Crippen LogP contribution in [0, 0.1) is 0 Å². The number of carboxylic acid groups (broad SMARTS) is 3. The van der Waals surface area contributed by atoms with Crippen LogP contribution in [0.5, 0.6) is 0 Å². The summed E-state index contributed by atoms with van der Waals surface area (Å²) in [4.78, 5) is 43.9. The molecule has 0 aromatic rings. The number of nitrogens with one attached hydrogen (secondary N) is 2. The van der Waals surface area contributed by atoms with Crippen LogP contribution in [0.25, 0.3) is 0 Å². The maximum absolute atomic E-state index is 11.6. The fourth-order valence-electron chi connectivity index (χ4n) is 1.39. The van der Waals surface area contributed by atoms with Gasteiger partial charge in [0.2, 0.25) is 0 Å². The third-order valence-electron chi connectivity index (χ3n) is 2.68. The van der Waals surface area contributed by atoms with Crippen molar-refractivity contribution < 1.29 is 34.5 Å². The van der Waals surface area contributed by atoms with Crippen molar-refractivity contribution >= 4 is 23.9 Å². The van der Waals surface area contributed by atoms with Gasteiger partial charge in [-0.2, -0.15) is 0 Å². The molecule has 2 atom stereocenters. The van der Waals surface area contributed by atoms with E-state index in [0.29, 0.717) is 5.57 Å². The van der Waals surface area contributed by atoms with Crippen LogP contribution in [0.3, 0.4) is 0 Å². The lowest BCUT2D eigenvalue weighted by Gasteiger charge is -2.18. The first-order chi connectivity index (χ1) is 9.68. The van der Waals surface area contributed by atoms with Crippen molar-refractivity contribution in [3.63, 3.8) is 0 Å². The Morgan fingerprint density at radius 1 is 1.05 bits per heavy atom. The van der Waals surface area contributed by atoms with Crippen molar-refractivity contribution in [3.8, 4) is 0 Å². The molecule has 0 aliphatic rings. The van der Waals surface area contributed by atoms with Gasteiger partial charge >= 0.3 is 23.9 Å². The van der Waals surface area contributed by atoms with Gasteiger partial charge in [-0.05, 0) is 25.8 Å². The molecule has 21 heavy (non-hydrogen) atoms. The van der Waals surface area contributed by atoms with Gasteiger partial charge in [-0.3, -0.25) is 4.79 Å². The van der Waals surface area contributed by atoms with Crippen LogP contribution in [0.2, 0.25) is 0 Å². The van der Waals surface area contributed by atoms with Crippen molar-refractivity contribution in [2.24, 2.45) is 0 Å². The van der Waals surface area contributed by atoms with E-state index in [1.54, 1.807) is 6.92 Å². The Hall–Kier alpha value is -2.58. The van der Waals surface area contributed by atoms with Gasteiger partial charge in [-0.25, -0.2) is 14.4 Å². The van der Waals surface area contributed by atoms with Gasteiger partial charge < -0.3 is 26.0 Å². The first-order valence-electron chi connectivity index (χ1n) is 6.06. The summed E-state index contributed by atoms with van der Waals surface area (Å²) >= 11 is 0.